The topological polar surface area (TPSA) is 67.9 Å². The average Bonchev–Trinajstić information content (AvgIpc) is 2.23. The molecule has 0 fully saturated rings. The number of ether oxygens (including phenoxy) is 1. The van der Waals surface area contributed by atoms with Gasteiger partial charge in [-0.15, -0.1) is 0 Å². The summed E-state index contributed by atoms with van der Waals surface area (Å²) in [6, 6.07) is -0.0167. The number of nitrogens with zero attached hydrogens (tertiary/aromatic N) is 2. The lowest BCUT2D eigenvalue weighted by molar-refractivity contribution is 0.380. The van der Waals surface area contributed by atoms with Gasteiger partial charge >= 0.3 is 0 Å². The minimum absolute atomic E-state index is 0.0167. The maximum atomic E-state index is 13.6. The molecule has 6 heteroatoms. The van der Waals surface area contributed by atoms with Gasteiger partial charge in [0.2, 0.25) is 0 Å². The van der Waals surface area contributed by atoms with Crippen molar-refractivity contribution in [1.29, 1.82) is 0 Å². The van der Waals surface area contributed by atoms with Gasteiger partial charge in [-0.3, -0.25) is 14.8 Å². The SMILES string of the molecule is COc1nc2c(F)c(C)ncc2c(=O)[nH]1. The Morgan fingerprint density at radius 3 is 2.93 bits per heavy atom. The molecule has 2 rings (SSSR count). The van der Waals surface area contributed by atoms with E-state index < -0.39 is 11.4 Å². The van der Waals surface area contributed by atoms with Gasteiger partial charge in [-0.1, -0.05) is 0 Å². The molecule has 0 saturated heterocycles. The number of aryl methyl sites for hydroxylation is 1. The second-order valence-electron chi connectivity index (χ2n) is 3.00. The van der Waals surface area contributed by atoms with Crippen molar-refractivity contribution in [3.8, 4) is 6.01 Å². The first-order valence-electron chi connectivity index (χ1n) is 4.22. The first kappa shape index (κ1) is 9.57. The van der Waals surface area contributed by atoms with E-state index in [4.69, 9.17) is 4.74 Å². The Hall–Kier alpha value is -1.98. The zero-order chi connectivity index (χ0) is 11.0. The summed E-state index contributed by atoms with van der Waals surface area (Å²) in [5.41, 5.74) is -0.297. The lowest BCUT2D eigenvalue weighted by atomic mass is 10.2. The Kier molecular flexibility index (Phi) is 2.11. The number of halogens is 1. The smallest absolute Gasteiger partial charge is 0.296 e. The fourth-order valence-corrected chi connectivity index (χ4v) is 1.23. The molecule has 0 amide bonds. The monoisotopic (exact) mass is 209 g/mol. The summed E-state index contributed by atoms with van der Waals surface area (Å²) in [6.07, 6.45) is 1.29. The lowest BCUT2D eigenvalue weighted by Crippen LogP contribution is -2.11. The van der Waals surface area contributed by atoms with E-state index in [0.717, 1.165) is 0 Å². The first-order valence-corrected chi connectivity index (χ1v) is 4.22. The summed E-state index contributed by atoms with van der Waals surface area (Å²) in [5.74, 6) is -0.600. The van der Waals surface area contributed by atoms with E-state index in [1.54, 1.807) is 0 Å². The Balaban J connectivity index is 2.93. The lowest BCUT2D eigenvalue weighted by Gasteiger charge is -2.02. The third-order valence-corrected chi connectivity index (χ3v) is 2.04. The number of aromatic nitrogens is 3. The number of fused-ring (bicyclic) bond motifs is 1. The summed E-state index contributed by atoms with van der Waals surface area (Å²) in [5, 5.41) is 0.110. The molecule has 78 valence electrons. The molecule has 0 aliphatic rings. The van der Waals surface area contributed by atoms with Crippen molar-refractivity contribution >= 4 is 10.9 Å². The molecule has 2 aromatic rings. The quantitative estimate of drug-likeness (QED) is 0.753. The van der Waals surface area contributed by atoms with Gasteiger partial charge in [0.05, 0.1) is 18.2 Å². The summed E-state index contributed by atoms with van der Waals surface area (Å²) < 4.78 is 18.3. The summed E-state index contributed by atoms with van der Waals surface area (Å²) in [7, 11) is 1.34. The minimum atomic E-state index is -0.600. The molecule has 1 N–H and O–H groups in total. The van der Waals surface area contributed by atoms with E-state index in [2.05, 4.69) is 15.0 Å². The number of aromatic amines is 1. The molecular formula is C9H8FN3O2. The van der Waals surface area contributed by atoms with E-state index in [0.29, 0.717) is 0 Å². The Bertz CT molecular complexity index is 579. The zero-order valence-corrected chi connectivity index (χ0v) is 8.17. The summed E-state index contributed by atoms with van der Waals surface area (Å²) >= 11 is 0. The van der Waals surface area contributed by atoms with Crippen molar-refractivity contribution in [2.75, 3.05) is 7.11 Å². The number of pyridine rings is 1. The molecule has 0 saturated carbocycles. The molecule has 0 aliphatic carbocycles. The number of methoxy groups -OCH3 is 1. The number of rotatable bonds is 1. The predicted molar refractivity (Wildman–Crippen MR) is 51.4 cm³/mol. The van der Waals surface area contributed by atoms with Crippen molar-refractivity contribution in [3.63, 3.8) is 0 Å². The standard InChI is InChI=1S/C9H8FN3O2/c1-4-6(10)7-5(3-11-4)8(14)13-9(12-7)15-2/h3H,1-2H3,(H,12,13,14). The molecule has 15 heavy (non-hydrogen) atoms. The molecule has 2 heterocycles. The molecule has 5 nitrogen and oxygen atoms in total. The molecule has 0 unspecified atom stereocenters. The van der Waals surface area contributed by atoms with E-state index in [9.17, 15) is 9.18 Å². The maximum absolute atomic E-state index is 13.6. The summed E-state index contributed by atoms with van der Waals surface area (Å²) in [6.45, 7) is 1.50. The van der Waals surface area contributed by atoms with Crippen molar-refractivity contribution in [2.45, 2.75) is 6.92 Å². The van der Waals surface area contributed by atoms with E-state index in [1.807, 2.05) is 0 Å². The van der Waals surface area contributed by atoms with Crippen LogP contribution in [-0.2, 0) is 0 Å². The van der Waals surface area contributed by atoms with Gasteiger partial charge in [0.15, 0.2) is 5.82 Å². The predicted octanol–water partition coefficient (Wildman–Crippen LogP) is 0.774. The van der Waals surface area contributed by atoms with Crippen LogP contribution in [0.15, 0.2) is 11.0 Å². The van der Waals surface area contributed by atoms with Crippen LogP contribution in [0.5, 0.6) is 6.01 Å². The van der Waals surface area contributed by atoms with E-state index >= 15 is 0 Å². The molecular weight excluding hydrogens is 201 g/mol. The third-order valence-electron chi connectivity index (χ3n) is 2.04. The highest BCUT2D eigenvalue weighted by Gasteiger charge is 2.11. The van der Waals surface area contributed by atoms with Gasteiger partial charge in [0, 0.05) is 6.20 Å². The molecule has 0 aliphatic heterocycles. The molecule has 0 atom stereocenters. The largest absolute Gasteiger partial charge is 0.468 e. The number of hydrogen-bond acceptors (Lipinski definition) is 4. The van der Waals surface area contributed by atoms with Crippen molar-refractivity contribution in [1.82, 2.24) is 15.0 Å². The van der Waals surface area contributed by atoms with Crippen LogP contribution in [-0.4, -0.2) is 22.1 Å². The number of hydrogen-bond donors (Lipinski definition) is 1. The summed E-state index contributed by atoms with van der Waals surface area (Å²) in [4.78, 5) is 21.4. The van der Waals surface area contributed by atoms with Gasteiger partial charge in [-0.05, 0) is 6.92 Å². The fourth-order valence-electron chi connectivity index (χ4n) is 1.23. The maximum Gasteiger partial charge on any atom is 0.296 e. The fraction of sp³-hybridized carbons (Fsp3) is 0.222. The van der Waals surface area contributed by atoms with Crippen LogP contribution in [0, 0.1) is 12.7 Å². The second kappa shape index (κ2) is 3.30. The van der Waals surface area contributed by atoms with E-state index in [-0.39, 0.29) is 22.6 Å². The second-order valence-corrected chi connectivity index (χ2v) is 3.00. The number of nitrogens with one attached hydrogen (secondary N) is 1. The van der Waals surface area contributed by atoms with Crippen LogP contribution in [0.2, 0.25) is 0 Å². The van der Waals surface area contributed by atoms with Gasteiger partial charge in [0.1, 0.15) is 5.52 Å². The third kappa shape index (κ3) is 1.43. The Labute approximate surface area is 83.9 Å². The van der Waals surface area contributed by atoms with Crippen LogP contribution >= 0.6 is 0 Å². The molecule has 2 aromatic heterocycles. The minimum Gasteiger partial charge on any atom is -0.468 e. The Morgan fingerprint density at radius 1 is 1.53 bits per heavy atom. The normalized spacial score (nSPS) is 10.6. The van der Waals surface area contributed by atoms with Crippen LogP contribution in [0.1, 0.15) is 5.69 Å². The van der Waals surface area contributed by atoms with Crippen LogP contribution < -0.4 is 10.3 Å². The van der Waals surface area contributed by atoms with Crippen molar-refractivity contribution < 1.29 is 9.13 Å². The highest BCUT2D eigenvalue weighted by atomic mass is 19.1. The van der Waals surface area contributed by atoms with Crippen LogP contribution in [0.25, 0.3) is 10.9 Å². The van der Waals surface area contributed by atoms with Crippen LogP contribution in [0.4, 0.5) is 4.39 Å². The molecule has 0 radical (unpaired) electrons. The van der Waals surface area contributed by atoms with Crippen LogP contribution in [0.3, 0.4) is 0 Å². The van der Waals surface area contributed by atoms with Crippen molar-refractivity contribution in [3.05, 3.63) is 28.1 Å². The highest BCUT2D eigenvalue weighted by Crippen LogP contribution is 2.14. The average molecular weight is 209 g/mol. The molecule has 0 aromatic carbocycles. The molecule has 0 bridgehead atoms. The van der Waals surface area contributed by atoms with Gasteiger partial charge in [-0.25, -0.2) is 4.39 Å². The number of H-pyrrole nitrogens is 1. The van der Waals surface area contributed by atoms with Gasteiger partial charge in [-0.2, -0.15) is 4.98 Å². The highest BCUT2D eigenvalue weighted by molar-refractivity contribution is 5.77. The molecule has 0 spiro atoms. The Morgan fingerprint density at radius 2 is 2.27 bits per heavy atom. The van der Waals surface area contributed by atoms with Gasteiger partial charge < -0.3 is 4.74 Å². The van der Waals surface area contributed by atoms with Gasteiger partial charge in [0.25, 0.3) is 11.6 Å². The van der Waals surface area contributed by atoms with E-state index in [1.165, 1.54) is 20.2 Å². The first-order chi connectivity index (χ1) is 7.13. The van der Waals surface area contributed by atoms with Crippen molar-refractivity contribution in [2.24, 2.45) is 0 Å². The zero-order valence-electron chi connectivity index (χ0n) is 8.17.